The van der Waals surface area contributed by atoms with E-state index in [0.29, 0.717) is 23.7 Å². The second kappa shape index (κ2) is 8.77. The molecule has 2 N–H and O–H groups in total. The van der Waals surface area contributed by atoms with Crippen LogP contribution in [0.3, 0.4) is 0 Å². The Morgan fingerprint density at radius 1 is 1.23 bits per heavy atom. The zero-order valence-corrected chi connectivity index (χ0v) is 15.0. The van der Waals surface area contributed by atoms with E-state index in [1.54, 1.807) is 30.3 Å². The number of thiocarbonyl (C=S) groups is 1. The molecule has 8 nitrogen and oxygen atoms in total. The molecule has 0 heterocycles. The Hall–Kier alpha value is -3.20. The summed E-state index contributed by atoms with van der Waals surface area (Å²) in [5, 5.41) is 16.3. The van der Waals surface area contributed by atoms with Crippen LogP contribution < -0.4 is 20.1 Å². The van der Waals surface area contributed by atoms with E-state index >= 15 is 0 Å². The Kier molecular flexibility index (Phi) is 6.45. The molecule has 0 aliphatic rings. The molecule has 0 saturated carbocycles. The number of rotatable bonds is 6. The topological polar surface area (TPSA) is 103 Å². The molecule has 26 heavy (non-hydrogen) atoms. The van der Waals surface area contributed by atoms with Crippen LogP contribution in [0.2, 0.25) is 0 Å². The summed E-state index contributed by atoms with van der Waals surface area (Å²) in [5.74, 6) is 0.440. The number of carbonyl (C=O) groups is 1. The molecule has 0 unspecified atom stereocenters. The fraction of sp³-hybridized carbons (Fsp3) is 0.176. The number of carbonyl (C=O) groups excluding carboxylic acids is 1. The molecule has 2 rings (SSSR count). The molecule has 0 bridgehead atoms. The number of nitrogens with zero attached hydrogens (tertiary/aromatic N) is 1. The van der Waals surface area contributed by atoms with Crippen molar-refractivity contribution in [2.24, 2.45) is 0 Å². The number of nitro groups is 1. The van der Waals surface area contributed by atoms with Crippen molar-refractivity contribution in [3.8, 4) is 11.5 Å². The number of nitro benzene ring substituents is 1. The van der Waals surface area contributed by atoms with Crippen LogP contribution in [0, 0.1) is 10.1 Å². The molecule has 0 aliphatic heterocycles. The highest BCUT2D eigenvalue weighted by Gasteiger charge is 2.17. The highest BCUT2D eigenvalue weighted by molar-refractivity contribution is 7.80. The molecule has 0 atom stereocenters. The lowest BCUT2D eigenvalue weighted by atomic mass is 10.2. The zero-order valence-electron chi connectivity index (χ0n) is 14.1. The number of methoxy groups -OCH3 is 1. The minimum Gasteiger partial charge on any atom is -0.496 e. The van der Waals surface area contributed by atoms with Gasteiger partial charge in [0.2, 0.25) is 0 Å². The van der Waals surface area contributed by atoms with Crippen molar-refractivity contribution >= 4 is 34.6 Å². The Balaban J connectivity index is 2.10. The average Bonchev–Trinajstić information content (AvgIpc) is 2.62. The highest BCUT2D eigenvalue weighted by atomic mass is 32.1. The molecular weight excluding hydrogens is 358 g/mol. The first kappa shape index (κ1) is 19.1. The number of benzene rings is 2. The molecule has 0 aliphatic carbocycles. The molecule has 9 heteroatoms. The number of ether oxygens (including phenoxy) is 2. The van der Waals surface area contributed by atoms with E-state index in [4.69, 9.17) is 21.7 Å². The first-order chi connectivity index (χ1) is 12.4. The van der Waals surface area contributed by atoms with Crippen molar-refractivity contribution < 1.29 is 19.2 Å². The van der Waals surface area contributed by atoms with Crippen molar-refractivity contribution in [3.63, 3.8) is 0 Å². The van der Waals surface area contributed by atoms with Gasteiger partial charge in [-0.15, -0.1) is 0 Å². The van der Waals surface area contributed by atoms with Crippen molar-refractivity contribution in [1.82, 2.24) is 5.32 Å². The summed E-state index contributed by atoms with van der Waals surface area (Å²) in [6.07, 6.45) is 0. The molecule has 0 saturated heterocycles. The third kappa shape index (κ3) is 4.90. The van der Waals surface area contributed by atoms with Gasteiger partial charge in [-0.25, -0.2) is 0 Å². The van der Waals surface area contributed by atoms with Gasteiger partial charge in [0, 0.05) is 5.56 Å². The molecule has 0 aromatic heterocycles. The van der Waals surface area contributed by atoms with Gasteiger partial charge in [-0.3, -0.25) is 20.2 Å². The van der Waals surface area contributed by atoms with Crippen molar-refractivity contribution in [3.05, 3.63) is 58.1 Å². The first-order valence-electron chi connectivity index (χ1n) is 7.62. The number of nitrogens with one attached hydrogen (secondary N) is 2. The standard InChI is InChI=1S/C17H17N3O5S/c1-3-25-13-6-4-5-11(9-13)16(21)19-17(26)18-14-8-7-12(24-2)10-15(14)20(22)23/h4-10H,3H2,1-2H3,(H2,18,19,21,26). The van der Waals surface area contributed by atoms with E-state index in [1.165, 1.54) is 19.2 Å². The van der Waals surface area contributed by atoms with E-state index in [9.17, 15) is 14.9 Å². The van der Waals surface area contributed by atoms with E-state index in [2.05, 4.69) is 10.6 Å². The molecule has 0 fully saturated rings. The van der Waals surface area contributed by atoms with Crippen LogP contribution in [0.5, 0.6) is 11.5 Å². The predicted octanol–water partition coefficient (Wildman–Crippen LogP) is 3.13. The normalized spacial score (nSPS) is 9.92. The van der Waals surface area contributed by atoms with Gasteiger partial charge < -0.3 is 14.8 Å². The summed E-state index contributed by atoms with van der Waals surface area (Å²) in [7, 11) is 1.41. The van der Waals surface area contributed by atoms with Crippen LogP contribution >= 0.6 is 12.2 Å². The second-order valence-corrected chi connectivity index (χ2v) is 5.42. The fourth-order valence-electron chi connectivity index (χ4n) is 2.12. The lowest BCUT2D eigenvalue weighted by Crippen LogP contribution is -2.34. The van der Waals surface area contributed by atoms with Crippen LogP contribution in [0.15, 0.2) is 42.5 Å². The molecule has 2 aromatic carbocycles. The summed E-state index contributed by atoms with van der Waals surface area (Å²) in [4.78, 5) is 22.9. The van der Waals surface area contributed by atoms with Crippen molar-refractivity contribution in [2.75, 3.05) is 19.0 Å². The number of amides is 1. The lowest BCUT2D eigenvalue weighted by molar-refractivity contribution is -0.384. The predicted molar refractivity (Wildman–Crippen MR) is 101 cm³/mol. The summed E-state index contributed by atoms with van der Waals surface area (Å²) in [6, 6.07) is 10.9. The van der Waals surface area contributed by atoms with Crippen LogP contribution in [0.4, 0.5) is 11.4 Å². The third-order valence-corrected chi connectivity index (χ3v) is 3.49. The maximum atomic E-state index is 12.3. The van der Waals surface area contributed by atoms with E-state index in [0.717, 1.165) is 0 Å². The van der Waals surface area contributed by atoms with E-state index < -0.39 is 10.8 Å². The van der Waals surface area contributed by atoms with Gasteiger partial charge in [-0.05, 0) is 49.5 Å². The van der Waals surface area contributed by atoms with Gasteiger partial charge in [0.1, 0.15) is 17.2 Å². The summed E-state index contributed by atoms with van der Waals surface area (Å²) >= 11 is 5.08. The molecule has 2 aromatic rings. The summed E-state index contributed by atoms with van der Waals surface area (Å²) in [6.45, 7) is 2.32. The van der Waals surface area contributed by atoms with Gasteiger partial charge in [-0.2, -0.15) is 0 Å². The molecule has 0 radical (unpaired) electrons. The van der Waals surface area contributed by atoms with Crippen molar-refractivity contribution in [2.45, 2.75) is 6.92 Å². The van der Waals surface area contributed by atoms with Crippen molar-refractivity contribution in [1.29, 1.82) is 0 Å². The van der Waals surface area contributed by atoms with Crippen LogP contribution in [0.1, 0.15) is 17.3 Å². The number of hydrogen-bond donors (Lipinski definition) is 2. The minimum absolute atomic E-state index is 0.0647. The van der Waals surface area contributed by atoms with Crippen LogP contribution in [-0.2, 0) is 0 Å². The van der Waals surface area contributed by atoms with E-state index in [-0.39, 0.29) is 16.5 Å². The summed E-state index contributed by atoms with van der Waals surface area (Å²) < 4.78 is 10.3. The quantitative estimate of drug-likeness (QED) is 0.454. The van der Waals surface area contributed by atoms with Gasteiger partial charge in [0.05, 0.1) is 24.7 Å². The largest absolute Gasteiger partial charge is 0.496 e. The maximum absolute atomic E-state index is 12.3. The first-order valence-corrected chi connectivity index (χ1v) is 8.03. The van der Waals surface area contributed by atoms with Gasteiger partial charge >= 0.3 is 0 Å². The van der Waals surface area contributed by atoms with Gasteiger partial charge in [0.15, 0.2) is 5.11 Å². The Labute approximate surface area is 155 Å². The monoisotopic (exact) mass is 375 g/mol. The summed E-state index contributed by atoms with van der Waals surface area (Å²) in [5.41, 5.74) is 0.271. The van der Waals surface area contributed by atoms with Gasteiger partial charge in [0.25, 0.3) is 11.6 Å². The zero-order chi connectivity index (χ0) is 19.1. The smallest absolute Gasteiger partial charge is 0.296 e. The Morgan fingerprint density at radius 3 is 2.65 bits per heavy atom. The SMILES string of the molecule is CCOc1cccc(C(=O)NC(=S)Nc2ccc(OC)cc2[N+](=O)[O-])c1. The van der Waals surface area contributed by atoms with E-state index in [1.807, 2.05) is 6.92 Å². The van der Waals surface area contributed by atoms with Gasteiger partial charge in [-0.1, -0.05) is 6.07 Å². The van der Waals surface area contributed by atoms with Crippen LogP contribution in [-0.4, -0.2) is 29.7 Å². The number of anilines is 1. The Morgan fingerprint density at radius 2 is 2.00 bits per heavy atom. The highest BCUT2D eigenvalue weighted by Crippen LogP contribution is 2.28. The maximum Gasteiger partial charge on any atom is 0.296 e. The van der Waals surface area contributed by atoms with Crippen LogP contribution in [0.25, 0.3) is 0 Å². The Bertz CT molecular complexity index is 841. The molecule has 1 amide bonds. The lowest BCUT2D eigenvalue weighted by Gasteiger charge is -2.11. The molecule has 0 spiro atoms. The second-order valence-electron chi connectivity index (χ2n) is 5.01. The molecule has 136 valence electrons. The fourth-order valence-corrected chi connectivity index (χ4v) is 2.32. The number of hydrogen-bond acceptors (Lipinski definition) is 6. The average molecular weight is 375 g/mol. The minimum atomic E-state index is -0.569. The molecular formula is C17H17N3O5S. The third-order valence-electron chi connectivity index (χ3n) is 3.28.